The number of hydrogen-bond acceptors (Lipinski definition) is 4. The second-order valence-electron chi connectivity index (χ2n) is 3.34. The van der Waals surface area contributed by atoms with Crippen LogP contribution in [0.2, 0.25) is 0 Å². The summed E-state index contributed by atoms with van der Waals surface area (Å²) in [7, 11) is 0. The SMILES string of the molecule is CCCCc1nc(N)c([N+](=O)[O-])n1CC. The van der Waals surface area contributed by atoms with E-state index in [-0.39, 0.29) is 11.6 Å². The quantitative estimate of drug-likeness (QED) is 0.594. The Hall–Kier alpha value is -1.59. The van der Waals surface area contributed by atoms with E-state index in [0.717, 1.165) is 19.3 Å². The fraction of sp³-hybridized carbons (Fsp3) is 0.667. The van der Waals surface area contributed by atoms with Gasteiger partial charge < -0.3 is 15.8 Å². The predicted octanol–water partition coefficient (Wildman–Crippen LogP) is 1.74. The summed E-state index contributed by atoms with van der Waals surface area (Å²) in [6, 6.07) is 0. The summed E-state index contributed by atoms with van der Waals surface area (Å²) in [6.45, 7) is 4.44. The molecule has 0 saturated heterocycles. The summed E-state index contributed by atoms with van der Waals surface area (Å²) in [5.74, 6) is 0.653. The lowest BCUT2D eigenvalue weighted by Gasteiger charge is -2.00. The van der Waals surface area contributed by atoms with Crippen molar-refractivity contribution in [3.05, 3.63) is 15.9 Å². The fourth-order valence-electron chi connectivity index (χ4n) is 1.56. The van der Waals surface area contributed by atoms with Gasteiger partial charge in [-0.2, -0.15) is 4.98 Å². The van der Waals surface area contributed by atoms with Crippen LogP contribution < -0.4 is 5.73 Å². The van der Waals surface area contributed by atoms with Gasteiger partial charge in [0.15, 0.2) is 5.82 Å². The molecule has 1 rings (SSSR count). The van der Waals surface area contributed by atoms with Crippen molar-refractivity contribution in [1.29, 1.82) is 0 Å². The van der Waals surface area contributed by atoms with Crippen molar-refractivity contribution in [2.24, 2.45) is 0 Å². The average molecular weight is 212 g/mol. The van der Waals surface area contributed by atoms with Gasteiger partial charge in [0.1, 0.15) is 0 Å². The van der Waals surface area contributed by atoms with Gasteiger partial charge in [-0.3, -0.25) is 0 Å². The smallest absolute Gasteiger partial charge is 0.367 e. The Kier molecular flexibility index (Phi) is 3.65. The van der Waals surface area contributed by atoms with E-state index in [4.69, 9.17) is 5.73 Å². The van der Waals surface area contributed by atoms with Gasteiger partial charge in [0.25, 0.3) is 0 Å². The van der Waals surface area contributed by atoms with Crippen LogP contribution in [0.4, 0.5) is 11.6 Å². The molecule has 0 aliphatic rings. The van der Waals surface area contributed by atoms with E-state index in [0.29, 0.717) is 12.4 Å². The zero-order valence-electron chi connectivity index (χ0n) is 9.06. The molecule has 0 bridgehead atoms. The van der Waals surface area contributed by atoms with E-state index >= 15 is 0 Å². The summed E-state index contributed by atoms with van der Waals surface area (Å²) in [4.78, 5) is 14.3. The molecule has 0 aromatic carbocycles. The largest absolute Gasteiger partial charge is 0.377 e. The summed E-state index contributed by atoms with van der Waals surface area (Å²) in [5.41, 5.74) is 5.52. The molecule has 6 nitrogen and oxygen atoms in total. The molecule has 0 radical (unpaired) electrons. The Bertz CT molecular complexity index is 359. The van der Waals surface area contributed by atoms with Crippen LogP contribution in [0.5, 0.6) is 0 Å². The Morgan fingerprint density at radius 2 is 2.20 bits per heavy atom. The van der Waals surface area contributed by atoms with Crippen molar-refractivity contribution in [3.63, 3.8) is 0 Å². The molecule has 0 aliphatic heterocycles. The highest BCUT2D eigenvalue weighted by Gasteiger charge is 2.23. The minimum atomic E-state index is -0.471. The number of aryl methyl sites for hydroxylation is 1. The van der Waals surface area contributed by atoms with Crippen LogP contribution in [0.3, 0.4) is 0 Å². The van der Waals surface area contributed by atoms with E-state index in [1.54, 1.807) is 4.57 Å². The maximum Gasteiger partial charge on any atom is 0.367 e. The zero-order chi connectivity index (χ0) is 11.4. The van der Waals surface area contributed by atoms with Crippen LogP contribution in [0.25, 0.3) is 0 Å². The van der Waals surface area contributed by atoms with Gasteiger partial charge in [0, 0.05) is 6.42 Å². The number of unbranched alkanes of at least 4 members (excludes halogenated alkanes) is 1. The lowest BCUT2D eigenvalue weighted by Crippen LogP contribution is -2.06. The van der Waals surface area contributed by atoms with Gasteiger partial charge in [-0.25, -0.2) is 4.57 Å². The van der Waals surface area contributed by atoms with E-state index in [2.05, 4.69) is 11.9 Å². The Morgan fingerprint density at radius 3 is 2.67 bits per heavy atom. The number of aromatic nitrogens is 2. The molecule has 0 fully saturated rings. The van der Waals surface area contributed by atoms with Gasteiger partial charge in [-0.1, -0.05) is 13.3 Å². The van der Waals surface area contributed by atoms with Gasteiger partial charge in [0.2, 0.25) is 5.82 Å². The number of nitro groups is 1. The zero-order valence-corrected chi connectivity index (χ0v) is 9.06. The minimum Gasteiger partial charge on any atom is -0.377 e. The number of imidazole rings is 1. The first-order valence-corrected chi connectivity index (χ1v) is 5.11. The van der Waals surface area contributed by atoms with Crippen molar-refractivity contribution in [2.45, 2.75) is 39.7 Å². The van der Waals surface area contributed by atoms with Crippen molar-refractivity contribution in [1.82, 2.24) is 9.55 Å². The summed E-state index contributed by atoms with van der Waals surface area (Å²) < 4.78 is 1.57. The van der Waals surface area contributed by atoms with Crippen LogP contribution in [0, 0.1) is 10.1 Å². The van der Waals surface area contributed by atoms with Crippen molar-refractivity contribution < 1.29 is 4.92 Å². The molecule has 15 heavy (non-hydrogen) atoms. The van der Waals surface area contributed by atoms with Crippen molar-refractivity contribution >= 4 is 11.6 Å². The molecular weight excluding hydrogens is 196 g/mol. The highest BCUT2D eigenvalue weighted by atomic mass is 16.6. The fourth-order valence-corrected chi connectivity index (χ4v) is 1.56. The molecule has 0 aliphatic carbocycles. The first kappa shape index (κ1) is 11.5. The van der Waals surface area contributed by atoms with E-state index < -0.39 is 4.92 Å². The number of nitrogens with two attached hydrogens (primary N) is 1. The molecule has 1 aromatic heterocycles. The normalized spacial score (nSPS) is 10.5. The molecule has 0 unspecified atom stereocenters. The number of rotatable bonds is 5. The average Bonchev–Trinajstić information content (AvgIpc) is 2.51. The van der Waals surface area contributed by atoms with E-state index in [9.17, 15) is 10.1 Å². The van der Waals surface area contributed by atoms with Crippen LogP contribution in [0.15, 0.2) is 0 Å². The third-order valence-electron chi connectivity index (χ3n) is 2.29. The van der Waals surface area contributed by atoms with Gasteiger partial charge in [0.05, 0.1) is 6.54 Å². The van der Waals surface area contributed by atoms with Crippen LogP contribution in [0.1, 0.15) is 32.5 Å². The summed E-state index contributed by atoms with van der Waals surface area (Å²) in [6.07, 6.45) is 2.74. The number of anilines is 1. The standard InChI is InChI=1S/C9H16N4O2/c1-3-5-6-7-11-8(10)9(13(14)15)12(7)4-2/h3-6,10H2,1-2H3. The highest BCUT2D eigenvalue weighted by molar-refractivity contribution is 5.49. The maximum atomic E-state index is 10.8. The molecule has 0 spiro atoms. The van der Waals surface area contributed by atoms with Gasteiger partial charge in [-0.05, 0) is 18.3 Å². The lowest BCUT2D eigenvalue weighted by molar-refractivity contribution is -0.391. The third-order valence-corrected chi connectivity index (χ3v) is 2.29. The topological polar surface area (TPSA) is 87.0 Å². The number of hydrogen-bond donors (Lipinski definition) is 1. The third kappa shape index (κ3) is 2.26. The second kappa shape index (κ2) is 4.77. The lowest BCUT2D eigenvalue weighted by atomic mass is 10.2. The molecule has 1 aromatic rings. The molecule has 0 atom stereocenters. The van der Waals surface area contributed by atoms with E-state index in [1.165, 1.54) is 0 Å². The first-order valence-electron chi connectivity index (χ1n) is 5.11. The number of nitrogens with zero attached hydrogens (tertiary/aromatic N) is 3. The van der Waals surface area contributed by atoms with Crippen LogP contribution in [-0.4, -0.2) is 14.5 Å². The summed E-state index contributed by atoms with van der Waals surface area (Å²) >= 11 is 0. The minimum absolute atomic E-state index is 0.0213. The molecular formula is C9H16N4O2. The molecule has 84 valence electrons. The van der Waals surface area contributed by atoms with Gasteiger partial charge in [-0.15, -0.1) is 0 Å². The molecule has 1 heterocycles. The van der Waals surface area contributed by atoms with Crippen molar-refractivity contribution in [3.8, 4) is 0 Å². The predicted molar refractivity (Wildman–Crippen MR) is 57.6 cm³/mol. The van der Waals surface area contributed by atoms with Gasteiger partial charge >= 0.3 is 5.82 Å². The highest BCUT2D eigenvalue weighted by Crippen LogP contribution is 2.23. The van der Waals surface area contributed by atoms with Crippen LogP contribution in [-0.2, 0) is 13.0 Å². The Morgan fingerprint density at radius 1 is 1.53 bits per heavy atom. The maximum absolute atomic E-state index is 10.8. The van der Waals surface area contributed by atoms with Crippen molar-refractivity contribution in [2.75, 3.05) is 5.73 Å². The van der Waals surface area contributed by atoms with Crippen LogP contribution >= 0.6 is 0 Å². The number of nitrogen functional groups attached to an aromatic ring is 1. The molecule has 0 saturated carbocycles. The Labute approximate surface area is 88.3 Å². The first-order chi connectivity index (χ1) is 7.11. The molecule has 6 heteroatoms. The summed E-state index contributed by atoms with van der Waals surface area (Å²) in [5, 5.41) is 10.8. The Balaban J connectivity index is 3.07. The molecule has 0 amide bonds. The second-order valence-corrected chi connectivity index (χ2v) is 3.34. The molecule has 2 N–H and O–H groups in total. The van der Waals surface area contributed by atoms with E-state index in [1.807, 2.05) is 6.92 Å². The monoisotopic (exact) mass is 212 g/mol.